The Morgan fingerprint density at radius 1 is 1.47 bits per heavy atom. The Morgan fingerprint density at radius 3 is 2.80 bits per heavy atom. The van der Waals surface area contributed by atoms with Crippen LogP contribution in [0.3, 0.4) is 0 Å². The van der Waals surface area contributed by atoms with E-state index in [9.17, 15) is 4.79 Å². The molecule has 0 saturated heterocycles. The molecular formula is C12H24N2O. The van der Waals surface area contributed by atoms with Gasteiger partial charge in [0, 0.05) is 25.0 Å². The molecule has 0 spiro atoms. The zero-order valence-corrected chi connectivity index (χ0v) is 10.0. The molecule has 1 aliphatic carbocycles. The summed E-state index contributed by atoms with van der Waals surface area (Å²) in [6.07, 6.45) is 6.68. The first-order chi connectivity index (χ1) is 7.22. The van der Waals surface area contributed by atoms with Gasteiger partial charge in [-0.1, -0.05) is 19.8 Å². The second-order valence-corrected chi connectivity index (χ2v) is 4.59. The third-order valence-electron chi connectivity index (χ3n) is 2.78. The minimum atomic E-state index is 0.202. The molecular weight excluding hydrogens is 188 g/mol. The van der Waals surface area contributed by atoms with Crippen molar-refractivity contribution in [1.82, 2.24) is 10.6 Å². The van der Waals surface area contributed by atoms with E-state index in [1.54, 1.807) is 0 Å². The van der Waals surface area contributed by atoms with E-state index in [2.05, 4.69) is 24.5 Å². The van der Waals surface area contributed by atoms with Gasteiger partial charge in [-0.3, -0.25) is 4.79 Å². The summed E-state index contributed by atoms with van der Waals surface area (Å²) in [4.78, 5) is 11.3. The maximum absolute atomic E-state index is 11.3. The second-order valence-electron chi connectivity index (χ2n) is 4.59. The summed E-state index contributed by atoms with van der Waals surface area (Å²) in [5, 5.41) is 6.37. The van der Waals surface area contributed by atoms with Crippen molar-refractivity contribution in [2.75, 3.05) is 6.54 Å². The maximum Gasteiger partial charge on any atom is 0.221 e. The van der Waals surface area contributed by atoms with Crippen LogP contribution in [0.1, 0.15) is 52.4 Å². The van der Waals surface area contributed by atoms with E-state index in [0.29, 0.717) is 18.5 Å². The van der Waals surface area contributed by atoms with Gasteiger partial charge in [0.2, 0.25) is 5.91 Å². The van der Waals surface area contributed by atoms with E-state index in [1.165, 1.54) is 32.1 Å². The van der Waals surface area contributed by atoms with Crippen molar-refractivity contribution in [3.8, 4) is 0 Å². The Hall–Kier alpha value is -0.570. The van der Waals surface area contributed by atoms with Crippen molar-refractivity contribution in [1.29, 1.82) is 0 Å². The zero-order valence-electron chi connectivity index (χ0n) is 10.0. The SMILES string of the molecule is CCCCC(C)NCCC(=O)NC1CC1. The molecule has 1 unspecified atom stereocenters. The summed E-state index contributed by atoms with van der Waals surface area (Å²) in [6, 6.07) is 1.04. The molecule has 0 radical (unpaired) electrons. The third-order valence-corrected chi connectivity index (χ3v) is 2.78. The van der Waals surface area contributed by atoms with E-state index >= 15 is 0 Å². The normalized spacial score (nSPS) is 17.5. The van der Waals surface area contributed by atoms with Gasteiger partial charge in [-0.25, -0.2) is 0 Å². The van der Waals surface area contributed by atoms with Gasteiger partial charge in [0.25, 0.3) is 0 Å². The average molecular weight is 212 g/mol. The lowest BCUT2D eigenvalue weighted by molar-refractivity contribution is -0.121. The molecule has 0 aromatic carbocycles. The van der Waals surface area contributed by atoms with Gasteiger partial charge >= 0.3 is 0 Å². The van der Waals surface area contributed by atoms with E-state index < -0.39 is 0 Å². The Bertz CT molecular complexity index is 190. The quantitative estimate of drug-likeness (QED) is 0.644. The van der Waals surface area contributed by atoms with Crippen LogP contribution in [-0.2, 0) is 4.79 Å². The van der Waals surface area contributed by atoms with Crippen LogP contribution in [0, 0.1) is 0 Å². The summed E-state index contributed by atoms with van der Waals surface area (Å²) in [7, 11) is 0. The number of carbonyl (C=O) groups excluding carboxylic acids is 1. The molecule has 1 fully saturated rings. The predicted molar refractivity (Wildman–Crippen MR) is 62.8 cm³/mol. The fourth-order valence-electron chi connectivity index (χ4n) is 1.57. The molecule has 0 bridgehead atoms. The van der Waals surface area contributed by atoms with Crippen LogP contribution in [0.2, 0.25) is 0 Å². The van der Waals surface area contributed by atoms with Crippen LogP contribution in [-0.4, -0.2) is 24.5 Å². The standard InChI is InChI=1S/C12H24N2O/c1-3-4-5-10(2)13-9-8-12(15)14-11-6-7-11/h10-11,13H,3-9H2,1-2H3,(H,14,15). The minimum Gasteiger partial charge on any atom is -0.353 e. The highest BCUT2D eigenvalue weighted by Gasteiger charge is 2.22. The topological polar surface area (TPSA) is 41.1 Å². The third kappa shape index (κ3) is 6.50. The van der Waals surface area contributed by atoms with Crippen LogP contribution < -0.4 is 10.6 Å². The largest absolute Gasteiger partial charge is 0.353 e. The van der Waals surface area contributed by atoms with E-state index in [0.717, 1.165) is 6.54 Å². The van der Waals surface area contributed by atoms with Gasteiger partial charge in [-0.2, -0.15) is 0 Å². The van der Waals surface area contributed by atoms with Gasteiger partial charge in [0.05, 0.1) is 0 Å². The summed E-state index contributed by atoms with van der Waals surface area (Å²) < 4.78 is 0. The van der Waals surface area contributed by atoms with Gasteiger partial charge < -0.3 is 10.6 Å². The highest BCUT2D eigenvalue weighted by Crippen LogP contribution is 2.18. The first-order valence-corrected chi connectivity index (χ1v) is 6.25. The molecule has 3 nitrogen and oxygen atoms in total. The van der Waals surface area contributed by atoms with Crippen LogP contribution in [0.15, 0.2) is 0 Å². The highest BCUT2D eigenvalue weighted by atomic mass is 16.1. The molecule has 1 aliphatic rings. The monoisotopic (exact) mass is 212 g/mol. The average Bonchev–Trinajstić information content (AvgIpc) is 2.98. The molecule has 1 rings (SSSR count). The van der Waals surface area contributed by atoms with Crippen LogP contribution >= 0.6 is 0 Å². The molecule has 1 saturated carbocycles. The van der Waals surface area contributed by atoms with Crippen molar-refractivity contribution >= 4 is 5.91 Å². The number of carbonyl (C=O) groups is 1. The summed E-state index contributed by atoms with van der Waals surface area (Å²) in [5.74, 6) is 0.202. The van der Waals surface area contributed by atoms with Crippen molar-refractivity contribution in [2.45, 2.75) is 64.5 Å². The number of amides is 1. The first-order valence-electron chi connectivity index (χ1n) is 6.25. The zero-order chi connectivity index (χ0) is 11.1. The molecule has 0 aromatic rings. The number of rotatable bonds is 8. The van der Waals surface area contributed by atoms with E-state index in [-0.39, 0.29) is 5.91 Å². The van der Waals surface area contributed by atoms with Gasteiger partial charge in [-0.05, 0) is 26.2 Å². The Balaban J connectivity index is 1.92. The van der Waals surface area contributed by atoms with Crippen molar-refractivity contribution in [2.24, 2.45) is 0 Å². The van der Waals surface area contributed by atoms with Crippen molar-refractivity contribution in [3.63, 3.8) is 0 Å². The summed E-state index contributed by atoms with van der Waals surface area (Å²) in [6.45, 7) is 5.20. The van der Waals surface area contributed by atoms with Gasteiger partial charge in [-0.15, -0.1) is 0 Å². The lowest BCUT2D eigenvalue weighted by Gasteiger charge is -2.12. The number of unbranched alkanes of at least 4 members (excludes halogenated alkanes) is 1. The predicted octanol–water partition coefficient (Wildman–Crippen LogP) is 1.82. The number of nitrogens with one attached hydrogen (secondary N) is 2. The molecule has 88 valence electrons. The molecule has 2 N–H and O–H groups in total. The summed E-state index contributed by atoms with van der Waals surface area (Å²) >= 11 is 0. The van der Waals surface area contributed by atoms with E-state index in [4.69, 9.17) is 0 Å². The molecule has 15 heavy (non-hydrogen) atoms. The number of hydrogen-bond acceptors (Lipinski definition) is 2. The Kier molecular flexibility index (Phi) is 5.69. The molecule has 1 atom stereocenters. The molecule has 0 aromatic heterocycles. The van der Waals surface area contributed by atoms with Crippen molar-refractivity contribution < 1.29 is 4.79 Å². The molecule has 0 heterocycles. The maximum atomic E-state index is 11.3. The van der Waals surface area contributed by atoms with Crippen LogP contribution in [0.4, 0.5) is 0 Å². The van der Waals surface area contributed by atoms with Crippen LogP contribution in [0.25, 0.3) is 0 Å². The van der Waals surface area contributed by atoms with Gasteiger partial charge in [0.1, 0.15) is 0 Å². The summed E-state index contributed by atoms with van der Waals surface area (Å²) in [5.41, 5.74) is 0. The lowest BCUT2D eigenvalue weighted by atomic mass is 10.1. The lowest BCUT2D eigenvalue weighted by Crippen LogP contribution is -2.32. The molecule has 1 amide bonds. The van der Waals surface area contributed by atoms with Gasteiger partial charge in [0.15, 0.2) is 0 Å². The van der Waals surface area contributed by atoms with E-state index in [1.807, 2.05) is 0 Å². The fourth-order valence-corrected chi connectivity index (χ4v) is 1.57. The fraction of sp³-hybridized carbons (Fsp3) is 0.917. The highest BCUT2D eigenvalue weighted by molar-refractivity contribution is 5.76. The smallest absolute Gasteiger partial charge is 0.221 e. The Labute approximate surface area is 93.0 Å². The minimum absolute atomic E-state index is 0.202. The molecule has 3 heteroatoms. The van der Waals surface area contributed by atoms with Crippen LogP contribution in [0.5, 0.6) is 0 Å². The number of hydrogen-bond donors (Lipinski definition) is 2. The first kappa shape index (κ1) is 12.5. The second kappa shape index (κ2) is 6.83. The molecule has 0 aliphatic heterocycles. The Morgan fingerprint density at radius 2 is 2.20 bits per heavy atom. The van der Waals surface area contributed by atoms with Crippen molar-refractivity contribution in [3.05, 3.63) is 0 Å².